The second kappa shape index (κ2) is 3.96. The van der Waals surface area contributed by atoms with Gasteiger partial charge in [0, 0.05) is 18.4 Å². The molecule has 1 atom stereocenters. The van der Waals surface area contributed by atoms with Crippen molar-refractivity contribution in [3.05, 3.63) is 29.6 Å². The van der Waals surface area contributed by atoms with E-state index in [1.807, 2.05) is 0 Å². The Balaban J connectivity index is 2.80. The third kappa shape index (κ3) is 2.99. The van der Waals surface area contributed by atoms with Crippen LogP contribution in [0.15, 0.2) is 18.5 Å². The Bertz CT molecular complexity index is 309. The summed E-state index contributed by atoms with van der Waals surface area (Å²) < 4.78 is 36.1. The molecule has 0 saturated carbocycles. The summed E-state index contributed by atoms with van der Waals surface area (Å²) in [6.07, 6.45) is -2.34. The molecule has 2 nitrogen and oxygen atoms in total. The summed E-state index contributed by atoms with van der Waals surface area (Å²) in [6, 6.07) is 0.620. The Morgan fingerprint density at radius 2 is 2.14 bits per heavy atom. The molecule has 1 aromatic rings. The van der Waals surface area contributed by atoms with Gasteiger partial charge in [0.1, 0.15) is 0 Å². The van der Waals surface area contributed by atoms with Gasteiger partial charge in [0.2, 0.25) is 0 Å². The summed E-state index contributed by atoms with van der Waals surface area (Å²) in [6.45, 7) is 1.72. The number of hydrogen-bond donors (Lipinski definition) is 1. The van der Waals surface area contributed by atoms with Crippen molar-refractivity contribution >= 4 is 0 Å². The van der Waals surface area contributed by atoms with E-state index in [4.69, 9.17) is 5.73 Å². The minimum absolute atomic E-state index is 0.449. The SMILES string of the molecule is Cc1ccncc1[C@H](N)CC(F)(F)F. The summed E-state index contributed by atoms with van der Waals surface area (Å²) in [4.78, 5) is 3.75. The lowest BCUT2D eigenvalue weighted by Crippen LogP contribution is -2.21. The van der Waals surface area contributed by atoms with Crippen LogP contribution in [0.1, 0.15) is 23.6 Å². The highest BCUT2D eigenvalue weighted by atomic mass is 19.4. The summed E-state index contributed by atoms with van der Waals surface area (Å²) in [5.74, 6) is 0. The van der Waals surface area contributed by atoms with Crippen LogP contribution in [-0.4, -0.2) is 11.2 Å². The van der Waals surface area contributed by atoms with Crippen LogP contribution in [-0.2, 0) is 0 Å². The second-order valence-corrected chi connectivity index (χ2v) is 3.16. The first-order chi connectivity index (χ1) is 6.40. The van der Waals surface area contributed by atoms with Crippen molar-refractivity contribution in [2.24, 2.45) is 5.73 Å². The van der Waals surface area contributed by atoms with Crippen molar-refractivity contribution < 1.29 is 13.2 Å². The summed E-state index contributed by atoms with van der Waals surface area (Å²) >= 11 is 0. The van der Waals surface area contributed by atoms with Gasteiger partial charge in [0.05, 0.1) is 6.42 Å². The Labute approximate surface area is 79.9 Å². The van der Waals surface area contributed by atoms with E-state index in [1.54, 1.807) is 13.0 Å². The largest absolute Gasteiger partial charge is 0.390 e. The lowest BCUT2D eigenvalue weighted by molar-refractivity contribution is -0.138. The lowest BCUT2D eigenvalue weighted by atomic mass is 10.0. The highest BCUT2D eigenvalue weighted by Gasteiger charge is 2.31. The molecule has 1 aromatic heterocycles. The summed E-state index contributed by atoms with van der Waals surface area (Å²) in [5.41, 5.74) is 6.60. The summed E-state index contributed by atoms with van der Waals surface area (Å²) in [5, 5.41) is 0. The number of halogens is 3. The third-order valence-electron chi connectivity index (χ3n) is 1.93. The average Bonchev–Trinajstić information content (AvgIpc) is 2.01. The summed E-state index contributed by atoms with van der Waals surface area (Å²) in [7, 11) is 0. The number of pyridine rings is 1. The van der Waals surface area contributed by atoms with Crippen LogP contribution in [0.3, 0.4) is 0 Å². The molecule has 0 aromatic carbocycles. The standard InChI is InChI=1S/C9H11F3N2/c1-6-2-3-14-5-7(6)8(13)4-9(10,11)12/h2-3,5,8H,4,13H2,1H3/t8-/m1/s1. The van der Waals surface area contributed by atoms with Gasteiger partial charge in [-0.05, 0) is 24.1 Å². The maximum absolute atomic E-state index is 12.0. The van der Waals surface area contributed by atoms with E-state index in [-0.39, 0.29) is 0 Å². The monoisotopic (exact) mass is 204 g/mol. The molecular weight excluding hydrogens is 193 g/mol. The van der Waals surface area contributed by atoms with E-state index in [2.05, 4.69) is 4.98 Å². The molecule has 0 aliphatic heterocycles. The fourth-order valence-corrected chi connectivity index (χ4v) is 1.22. The van der Waals surface area contributed by atoms with Crippen LogP contribution in [0.2, 0.25) is 0 Å². The van der Waals surface area contributed by atoms with Crippen LogP contribution in [0.4, 0.5) is 13.2 Å². The van der Waals surface area contributed by atoms with Crippen molar-refractivity contribution in [1.29, 1.82) is 0 Å². The maximum atomic E-state index is 12.0. The predicted octanol–water partition coefficient (Wildman–Crippen LogP) is 2.34. The van der Waals surface area contributed by atoms with Crippen molar-refractivity contribution in [2.75, 3.05) is 0 Å². The molecule has 0 radical (unpaired) electrons. The second-order valence-electron chi connectivity index (χ2n) is 3.16. The zero-order valence-electron chi connectivity index (χ0n) is 7.67. The molecule has 0 saturated heterocycles. The zero-order chi connectivity index (χ0) is 10.8. The first kappa shape index (κ1) is 11.0. The first-order valence-corrected chi connectivity index (χ1v) is 4.13. The van der Waals surface area contributed by atoms with Gasteiger partial charge in [-0.3, -0.25) is 4.98 Å². The highest BCUT2D eigenvalue weighted by molar-refractivity contribution is 5.24. The molecule has 0 fully saturated rings. The average molecular weight is 204 g/mol. The van der Waals surface area contributed by atoms with Gasteiger partial charge in [-0.1, -0.05) is 0 Å². The molecule has 14 heavy (non-hydrogen) atoms. The zero-order valence-corrected chi connectivity index (χ0v) is 7.67. The minimum atomic E-state index is -4.23. The molecule has 78 valence electrons. The molecule has 1 rings (SSSR count). The van der Waals surface area contributed by atoms with E-state index in [0.29, 0.717) is 5.56 Å². The van der Waals surface area contributed by atoms with E-state index in [1.165, 1.54) is 12.4 Å². The third-order valence-corrected chi connectivity index (χ3v) is 1.93. The Morgan fingerprint density at radius 1 is 1.50 bits per heavy atom. The number of hydrogen-bond acceptors (Lipinski definition) is 2. The van der Waals surface area contributed by atoms with Gasteiger partial charge in [-0.2, -0.15) is 13.2 Å². The molecule has 1 heterocycles. The van der Waals surface area contributed by atoms with Gasteiger partial charge < -0.3 is 5.73 Å². The van der Waals surface area contributed by atoms with Crippen molar-refractivity contribution in [1.82, 2.24) is 4.98 Å². The van der Waals surface area contributed by atoms with Gasteiger partial charge in [-0.25, -0.2) is 0 Å². The Morgan fingerprint density at radius 3 is 2.64 bits per heavy atom. The number of rotatable bonds is 2. The lowest BCUT2D eigenvalue weighted by Gasteiger charge is -2.15. The molecule has 0 aliphatic rings. The van der Waals surface area contributed by atoms with Crippen molar-refractivity contribution in [3.63, 3.8) is 0 Å². The number of nitrogens with two attached hydrogens (primary N) is 1. The van der Waals surface area contributed by atoms with Crippen molar-refractivity contribution in [3.8, 4) is 0 Å². The first-order valence-electron chi connectivity index (χ1n) is 4.13. The van der Waals surface area contributed by atoms with Crippen LogP contribution in [0, 0.1) is 6.92 Å². The molecule has 5 heteroatoms. The molecule has 0 aliphatic carbocycles. The quantitative estimate of drug-likeness (QED) is 0.803. The van der Waals surface area contributed by atoms with E-state index < -0.39 is 18.6 Å². The van der Waals surface area contributed by atoms with Crippen molar-refractivity contribution in [2.45, 2.75) is 25.6 Å². The number of nitrogens with zero attached hydrogens (tertiary/aromatic N) is 1. The fraction of sp³-hybridized carbons (Fsp3) is 0.444. The highest BCUT2D eigenvalue weighted by Crippen LogP contribution is 2.28. The predicted molar refractivity (Wildman–Crippen MR) is 46.6 cm³/mol. The molecule has 2 N–H and O–H groups in total. The van der Waals surface area contributed by atoms with Crippen LogP contribution >= 0.6 is 0 Å². The van der Waals surface area contributed by atoms with E-state index >= 15 is 0 Å². The van der Waals surface area contributed by atoms with Gasteiger partial charge >= 0.3 is 6.18 Å². The fourth-order valence-electron chi connectivity index (χ4n) is 1.22. The smallest absolute Gasteiger partial charge is 0.324 e. The normalized spacial score (nSPS) is 14.1. The Hall–Kier alpha value is -1.10. The number of aryl methyl sites for hydroxylation is 1. The van der Waals surface area contributed by atoms with E-state index in [9.17, 15) is 13.2 Å². The van der Waals surface area contributed by atoms with Gasteiger partial charge in [-0.15, -0.1) is 0 Å². The minimum Gasteiger partial charge on any atom is -0.324 e. The van der Waals surface area contributed by atoms with Crippen LogP contribution in [0.25, 0.3) is 0 Å². The Kier molecular flexibility index (Phi) is 3.10. The van der Waals surface area contributed by atoms with Crippen LogP contribution < -0.4 is 5.73 Å². The van der Waals surface area contributed by atoms with E-state index in [0.717, 1.165) is 5.56 Å². The topological polar surface area (TPSA) is 38.9 Å². The molecule has 0 bridgehead atoms. The molecule has 0 spiro atoms. The number of aromatic nitrogens is 1. The number of alkyl halides is 3. The molecular formula is C9H11F3N2. The van der Waals surface area contributed by atoms with Crippen LogP contribution in [0.5, 0.6) is 0 Å². The molecule has 0 unspecified atom stereocenters. The molecule has 0 amide bonds. The van der Waals surface area contributed by atoms with Gasteiger partial charge in [0.15, 0.2) is 0 Å². The van der Waals surface area contributed by atoms with Gasteiger partial charge in [0.25, 0.3) is 0 Å². The maximum Gasteiger partial charge on any atom is 0.390 e.